The molecule has 186 valence electrons. The van der Waals surface area contributed by atoms with E-state index in [9.17, 15) is 14.4 Å². The maximum absolute atomic E-state index is 13.4. The van der Waals surface area contributed by atoms with E-state index in [2.05, 4.69) is 16.0 Å². The molecule has 4 rings (SSSR count). The molecule has 2 aromatic rings. The van der Waals surface area contributed by atoms with Gasteiger partial charge < -0.3 is 21.7 Å². The highest BCUT2D eigenvalue weighted by atomic mass is 16.2. The zero-order chi connectivity index (χ0) is 24.9. The van der Waals surface area contributed by atoms with Crippen molar-refractivity contribution in [1.29, 1.82) is 0 Å². The molecule has 0 bridgehead atoms. The van der Waals surface area contributed by atoms with Crippen LogP contribution in [0, 0.1) is 13.8 Å². The number of anilines is 2. The first-order chi connectivity index (χ1) is 16.8. The molecule has 9 nitrogen and oxygen atoms in total. The van der Waals surface area contributed by atoms with Crippen molar-refractivity contribution in [2.45, 2.75) is 57.8 Å². The molecule has 35 heavy (non-hydrogen) atoms. The van der Waals surface area contributed by atoms with E-state index in [0.717, 1.165) is 36.8 Å². The van der Waals surface area contributed by atoms with Gasteiger partial charge in [0.05, 0.1) is 0 Å². The summed E-state index contributed by atoms with van der Waals surface area (Å²) in [5.41, 5.74) is 9.35. The average Bonchev–Trinajstić information content (AvgIpc) is 3.28. The summed E-state index contributed by atoms with van der Waals surface area (Å²) in [4.78, 5) is 42.7. The quantitative estimate of drug-likeness (QED) is 0.538. The Morgan fingerprint density at radius 3 is 2.00 bits per heavy atom. The first kappa shape index (κ1) is 24.5. The molecule has 2 fully saturated rings. The zero-order valence-corrected chi connectivity index (χ0v) is 20.3. The lowest BCUT2D eigenvalue weighted by atomic mass is 9.92. The summed E-state index contributed by atoms with van der Waals surface area (Å²) in [5.74, 6) is -0.360. The Kier molecular flexibility index (Phi) is 7.55. The predicted octanol–water partition coefficient (Wildman–Crippen LogP) is 3.40. The van der Waals surface area contributed by atoms with Crippen molar-refractivity contribution in [2.24, 2.45) is 5.73 Å². The Morgan fingerprint density at radius 2 is 1.40 bits per heavy atom. The van der Waals surface area contributed by atoms with Gasteiger partial charge in [0, 0.05) is 36.5 Å². The van der Waals surface area contributed by atoms with Crippen LogP contribution in [0.25, 0.3) is 0 Å². The number of nitrogens with zero attached hydrogens (tertiary/aromatic N) is 2. The van der Waals surface area contributed by atoms with E-state index in [1.54, 1.807) is 6.07 Å². The first-order valence-corrected chi connectivity index (χ1v) is 12.1. The minimum atomic E-state index is -1.05. The second-order valence-electron chi connectivity index (χ2n) is 9.48. The summed E-state index contributed by atoms with van der Waals surface area (Å²) in [6.45, 7) is 4.39. The number of aryl methyl sites for hydroxylation is 2. The van der Waals surface area contributed by atoms with Crippen LogP contribution in [0.5, 0.6) is 0 Å². The molecular formula is C26H34N6O3. The Morgan fingerprint density at radius 1 is 0.800 bits per heavy atom. The largest absolute Gasteiger partial charge is 0.350 e. The maximum atomic E-state index is 13.4. The van der Waals surface area contributed by atoms with Crippen LogP contribution < -0.4 is 21.7 Å². The van der Waals surface area contributed by atoms with E-state index < -0.39 is 18.2 Å². The lowest BCUT2D eigenvalue weighted by molar-refractivity contribution is -0.128. The number of hydrogen-bond acceptors (Lipinski definition) is 4. The van der Waals surface area contributed by atoms with Crippen LogP contribution in [0.2, 0.25) is 0 Å². The van der Waals surface area contributed by atoms with Crippen molar-refractivity contribution < 1.29 is 14.4 Å². The molecule has 2 aromatic carbocycles. The number of nitrogens with one attached hydrogen (secondary N) is 3. The second kappa shape index (κ2) is 10.8. The van der Waals surface area contributed by atoms with E-state index in [0.29, 0.717) is 11.4 Å². The minimum Gasteiger partial charge on any atom is -0.350 e. The van der Waals surface area contributed by atoms with Gasteiger partial charge in [-0.1, -0.05) is 29.8 Å². The predicted molar refractivity (Wildman–Crippen MR) is 136 cm³/mol. The number of rotatable bonds is 4. The van der Waals surface area contributed by atoms with Crippen LogP contribution in [0.4, 0.5) is 21.0 Å². The van der Waals surface area contributed by atoms with Crippen molar-refractivity contribution in [3.63, 3.8) is 0 Å². The smallest absolute Gasteiger partial charge is 0.323 e. The number of nitrogens with two attached hydrogens (primary N) is 1. The molecule has 2 aliphatic rings. The Hall–Kier alpha value is -3.59. The number of amides is 5. The molecule has 1 heterocycles. The summed E-state index contributed by atoms with van der Waals surface area (Å²) in [7, 11) is 0. The summed E-state index contributed by atoms with van der Waals surface area (Å²) in [6, 6.07) is 14.2. The Balaban J connectivity index is 1.51. The molecule has 1 saturated heterocycles. The molecule has 0 spiro atoms. The Labute approximate surface area is 206 Å². The van der Waals surface area contributed by atoms with Crippen molar-refractivity contribution in [3.05, 3.63) is 59.7 Å². The molecule has 1 aliphatic heterocycles. The van der Waals surface area contributed by atoms with E-state index >= 15 is 0 Å². The molecule has 1 saturated carbocycles. The van der Waals surface area contributed by atoms with E-state index in [1.807, 2.05) is 56.3 Å². The third-order valence-electron chi connectivity index (χ3n) is 6.62. The van der Waals surface area contributed by atoms with Gasteiger partial charge in [0.15, 0.2) is 6.17 Å². The van der Waals surface area contributed by atoms with Gasteiger partial charge in [-0.3, -0.25) is 14.6 Å². The van der Waals surface area contributed by atoms with Crippen LogP contribution in [-0.2, 0) is 4.79 Å². The molecule has 1 unspecified atom stereocenters. The van der Waals surface area contributed by atoms with Crippen LogP contribution >= 0.6 is 0 Å². The molecule has 0 aromatic heterocycles. The number of carbonyl (C=O) groups is 3. The summed E-state index contributed by atoms with van der Waals surface area (Å²) < 4.78 is 0. The molecule has 5 N–H and O–H groups in total. The van der Waals surface area contributed by atoms with Crippen molar-refractivity contribution >= 4 is 29.3 Å². The van der Waals surface area contributed by atoms with Crippen molar-refractivity contribution in [2.75, 3.05) is 23.7 Å². The summed E-state index contributed by atoms with van der Waals surface area (Å²) in [5, 5.41) is 8.78. The fraction of sp³-hybridized carbons (Fsp3) is 0.423. The average molecular weight is 479 g/mol. The molecule has 9 heteroatoms. The first-order valence-electron chi connectivity index (χ1n) is 12.1. The fourth-order valence-corrected chi connectivity index (χ4v) is 4.63. The molecule has 1 aliphatic carbocycles. The number of hydrogen-bond donors (Lipinski definition) is 4. The van der Waals surface area contributed by atoms with Crippen LogP contribution in [0.1, 0.15) is 36.8 Å². The van der Waals surface area contributed by atoms with Gasteiger partial charge in [-0.2, -0.15) is 0 Å². The highest BCUT2D eigenvalue weighted by molar-refractivity contribution is 5.98. The van der Waals surface area contributed by atoms with Gasteiger partial charge in [-0.05, 0) is 69.4 Å². The summed E-state index contributed by atoms with van der Waals surface area (Å²) >= 11 is 0. The number of benzene rings is 2. The van der Waals surface area contributed by atoms with Gasteiger partial charge in [-0.15, -0.1) is 0 Å². The van der Waals surface area contributed by atoms with Gasteiger partial charge in [-0.25, -0.2) is 9.59 Å². The second-order valence-corrected chi connectivity index (χ2v) is 9.48. The molecular weight excluding hydrogens is 444 g/mol. The van der Waals surface area contributed by atoms with Crippen molar-refractivity contribution in [1.82, 2.24) is 15.1 Å². The van der Waals surface area contributed by atoms with Gasteiger partial charge >= 0.3 is 12.1 Å². The number of carbonyl (C=O) groups excluding carboxylic acids is 3. The van der Waals surface area contributed by atoms with E-state index in [-0.39, 0.29) is 31.1 Å². The molecule has 1 atom stereocenters. The maximum Gasteiger partial charge on any atom is 0.323 e. The number of urea groups is 2. The standard InChI is InChI=1S/C26H34N6O3/c1-17-6-10-21(11-7-17)29-25(34)31-14-15-32(26(35)30-22-5-3-4-18(2)16-22)24(31)23(33)28-20-12-8-19(27)9-13-20/h3-7,10-11,16,19-20,24H,8-9,12-15,27H2,1-2H3,(H,28,33)(H,29,34)(H,30,35). The summed E-state index contributed by atoms with van der Waals surface area (Å²) in [6.07, 6.45) is 2.19. The zero-order valence-electron chi connectivity index (χ0n) is 20.3. The molecule has 0 radical (unpaired) electrons. The third kappa shape index (κ3) is 6.10. The highest BCUT2D eigenvalue weighted by Crippen LogP contribution is 2.22. The molecule has 5 amide bonds. The third-order valence-corrected chi connectivity index (χ3v) is 6.62. The minimum absolute atomic E-state index is 0.0217. The van der Waals surface area contributed by atoms with Crippen molar-refractivity contribution in [3.8, 4) is 0 Å². The topological polar surface area (TPSA) is 120 Å². The van der Waals surface area contributed by atoms with E-state index in [4.69, 9.17) is 5.73 Å². The lowest BCUT2D eigenvalue weighted by Gasteiger charge is -2.32. The van der Waals surface area contributed by atoms with Crippen LogP contribution in [-0.4, -0.2) is 59.1 Å². The normalized spacial score (nSPS) is 22.0. The Bertz CT molecular complexity index is 1070. The highest BCUT2D eigenvalue weighted by Gasteiger charge is 2.43. The van der Waals surface area contributed by atoms with E-state index in [1.165, 1.54) is 9.80 Å². The van der Waals surface area contributed by atoms with Crippen LogP contribution in [0.3, 0.4) is 0 Å². The lowest BCUT2D eigenvalue weighted by Crippen LogP contribution is -2.57. The van der Waals surface area contributed by atoms with Gasteiger partial charge in [0.25, 0.3) is 5.91 Å². The monoisotopic (exact) mass is 478 g/mol. The van der Waals surface area contributed by atoms with Crippen LogP contribution in [0.15, 0.2) is 48.5 Å². The SMILES string of the molecule is Cc1ccc(NC(=O)N2CCN(C(=O)Nc3cccc(C)c3)C2C(=O)NC2CCC(N)CC2)cc1. The van der Waals surface area contributed by atoms with Gasteiger partial charge in [0.2, 0.25) is 0 Å². The fourth-order valence-electron chi connectivity index (χ4n) is 4.63. The van der Waals surface area contributed by atoms with Gasteiger partial charge in [0.1, 0.15) is 0 Å².